The largest absolute Gasteiger partial charge is 0.494 e. The smallest absolute Gasteiger partial charge is 0.144 e. The Balaban J connectivity index is 0.00000121. The lowest BCUT2D eigenvalue weighted by Crippen LogP contribution is -2.08. The molecule has 3 N–H and O–H groups in total. The number of nitrogens with two attached hydrogens (primary N) is 1. The van der Waals surface area contributed by atoms with Crippen molar-refractivity contribution in [2.24, 2.45) is 5.84 Å². The maximum atomic E-state index is 5.27. The second-order valence-electron chi connectivity index (χ2n) is 1.96. The third-order valence-corrected chi connectivity index (χ3v) is 2.00. The van der Waals surface area contributed by atoms with Crippen LogP contribution in [0.25, 0.3) is 0 Å². The van der Waals surface area contributed by atoms with Gasteiger partial charge in [0.1, 0.15) is 11.4 Å². The van der Waals surface area contributed by atoms with Gasteiger partial charge < -0.3 is 10.2 Å². The number of hydrogen-bond acceptors (Lipinski definition) is 3. The molecule has 0 atom stereocenters. The van der Waals surface area contributed by atoms with Crippen molar-refractivity contribution in [3.05, 3.63) is 22.7 Å². The number of nitrogens with one attached hydrogen (secondary N) is 1. The van der Waals surface area contributed by atoms with Crippen LogP contribution >= 0.6 is 28.3 Å². The zero-order valence-electron chi connectivity index (χ0n) is 6.50. The Morgan fingerprint density at radius 2 is 2.17 bits per heavy atom. The molecule has 0 bridgehead atoms. The van der Waals surface area contributed by atoms with Gasteiger partial charge >= 0.3 is 0 Å². The molecule has 0 aliphatic rings. The van der Waals surface area contributed by atoms with E-state index in [1.54, 1.807) is 7.11 Å². The van der Waals surface area contributed by atoms with E-state index in [4.69, 9.17) is 10.6 Å². The van der Waals surface area contributed by atoms with E-state index in [2.05, 4.69) is 21.4 Å². The third kappa shape index (κ3) is 2.27. The van der Waals surface area contributed by atoms with Gasteiger partial charge in [-0.05, 0) is 28.1 Å². The van der Waals surface area contributed by atoms with Crippen LogP contribution in [-0.4, -0.2) is 7.11 Å². The van der Waals surface area contributed by atoms with E-state index in [0.717, 1.165) is 15.9 Å². The normalized spacial score (nSPS) is 8.58. The van der Waals surface area contributed by atoms with Crippen molar-refractivity contribution >= 4 is 34.0 Å². The molecule has 0 amide bonds. The van der Waals surface area contributed by atoms with Crippen LogP contribution in [0.2, 0.25) is 0 Å². The molecule has 0 heterocycles. The minimum atomic E-state index is 0. The van der Waals surface area contributed by atoms with E-state index in [-0.39, 0.29) is 12.4 Å². The Kier molecular flexibility index (Phi) is 5.04. The lowest BCUT2D eigenvalue weighted by Gasteiger charge is -2.08. The second kappa shape index (κ2) is 5.24. The summed E-state index contributed by atoms with van der Waals surface area (Å²) >= 11 is 3.33. The highest BCUT2D eigenvalue weighted by atomic mass is 79.9. The minimum Gasteiger partial charge on any atom is -0.494 e. The molecule has 0 aliphatic carbocycles. The van der Waals surface area contributed by atoms with E-state index in [9.17, 15) is 0 Å². The molecule has 1 aromatic rings. The maximum absolute atomic E-state index is 5.27. The zero-order valence-corrected chi connectivity index (χ0v) is 8.91. The molecule has 1 rings (SSSR count). The molecule has 3 nitrogen and oxygen atoms in total. The standard InChI is InChI=1S/C7H9BrN2O.ClH/c1-11-6-4-2-3-5(8)7(6)10-9;/h2-4,10H,9H2,1H3;1H. The number of anilines is 1. The van der Waals surface area contributed by atoms with Gasteiger partial charge in [-0.1, -0.05) is 6.07 Å². The second-order valence-corrected chi connectivity index (χ2v) is 2.82. The average Bonchev–Trinajstić information content (AvgIpc) is 2.04. The lowest BCUT2D eigenvalue weighted by atomic mass is 10.3. The van der Waals surface area contributed by atoms with Crippen LogP contribution in [0.1, 0.15) is 0 Å². The van der Waals surface area contributed by atoms with Gasteiger partial charge in [0.2, 0.25) is 0 Å². The fourth-order valence-electron chi connectivity index (χ4n) is 0.815. The molecule has 0 aliphatic heterocycles. The Hall–Kier alpha value is -0.450. The summed E-state index contributed by atoms with van der Waals surface area (Å²) in [7, 11) is 1.60. The first-order valence-corrected chi connectivity index (χ1v) is 3.88. The average molecular weight is 254 g/mol. The van der Waals surface area contributed by atoms with Gasteiger partial charge in [-0.3, -0.25) is 5.84 Å². The van der Waals surface area contributed by atoms with E-state index in [1.165, 1.54) is 0 Å². The summed E-state index contributed by atoms with van der Waals surface area (Å²) in [5.74, 6) is 5.99. The van der Waals surface area contributed by atoms with Crippen LogP contribution in [-0.2, 0) is 0 Å². The van der Waals surface area contributed by atoms with Crippen LogP contribution < -0.4 is 16.0 Å². The zero-order chi connectivity index (χ0) is 8.27. The van der Waals surface area contributed by atoms with E-state index in [1.807, 2.05) is 18.2 Å². The van der Waals surface area contributed by atoms with Crippen molar-refractivity contribution in [3.8, 4) is 5.75 Å². The van der Waals surface area contributed by atoms with Gasteiger partial charge in [0.25, 0.3) is 0 Å². The number of benzene rings is 1. The van der Waals surface area contributed by atoms with Crippen LogP contribution in [0.5, 0.6) is 5.75 Å². The Morgan fingerprint density at radius 1 is 1.50 bits per heavy atom. The van der Waals surface area contributed by atoms with Gasteiger partial charge in [0, 0.05) is 4.47 Å². The molecule has 68 valence electrons. The molecular formula is C7H10BrClN2O. The highest BCUT2D eigenvalue weighted by Gasteiger charge is 2.03. The highest BCUT2D eigenvalue weighted by molar-refractivity contribution is 9.10. The lowest BCUT2D eigenvalue weighted by molar-refractivity contribution is 0.416. The number of methoxy groups -OCH3 is 1. The number of hydrogen-bond donors (Lipinski definition) is 2. The van der Waals surface area contributed by atoms with Crippen LogP contribution in [0.3, 0.4) is 0 Å². The predicted molar refractivity (Wildman–Crippen MR) is 55.8 cm³/mol. The molecule has 0 saturated carbocycles. The van der Waals surface area contributed by atoms with Gasteiger partial charge in [0.15, 0.2) is 0 Å². The first-order valence-electron chi connectivity index (χ1n) is 3.08. The summed E-state index contributed by atoms with van der Waals surface area (Å²) in [4.78, 5) is 0. The summed E-state index contributed by atoms with van der Waals surface area (Å²) in [6.07, 6.45) is 0. The topological polar surface area (TPSA) is 47.3 Å². The molecule has 0 aromatic heterocycles. The summed E-state index contributed by atoms with van der Waals surface area (Å²) in [5, 5.41) is 0. The first-order chi connectivity index (χ1) is 5.29. The van der Waals surface area contributed by atoms with Crippen molar-refractivity contribution in [2.45, 2.75) is 0 Å². The summed E-state index contributed by atoms with van der Waals surface area (Å²) < 4.78 is 5.93. The monoisotopic (exact) mass is 252 g/mol. The van der Waals surface area contributed by atoms with Crippen LogP contribution in [0.15, 0.2) is 22.7 Å². The van der Waals surface area contributed by atoms with E-state index < -0.39 is 0 Å². The van der Waals surface area contributed by atoms with Crippen LogP contribution in [0.4, 0.5) is 5.69 Å². The predicted octanol–water partition coefficient (Wildman–Crippen LogP) is 2.17. The van der Waals surface area contributed by atoms with E-state index >= 15 is 0 Å². The Bertz CT molecular complexity index is 257. The molecule has 1 aromatic carbocycles. The fraction of sp³-hybridized carbons (Fsp3) is 0.143. The van der Waals surface area contributed by atoms with E-state index in [0.29, 0.717) is 0 Å². The fourth-order valence-corrected chi connectivity index (χ4v) is 1.28. The number of ether oxygens (including phenoxy) is 1. The van der Waals surface area contributed by atoms with Crippen molar-refractivity contribution in [1.82, 2.24) is 0 Å². The summed E-state index contributed by atoms with van der Waals surface area (Å²) in [6, 6.07) is 5.60. The first kappa shape index (κ1) is 11.5. The number of hydrazine groups is 1. The number of nitrogen functional groups attached to an aromatic ring is 1. The van der Waals surface area contributed by atoms with Gasteiger partial charge in [0.05, 0.1) is 7.11 Å². The molecular weight excluding hydrogens is 243 g/mol. The molecule has 0 saturated heterocycles. The van der Waals surface area contributed by atoms with Crippen molar-refractivity contribution < 1.29 is 4.74 Å². The molecule has 12 heavy (non-hydrogen) atoms. The van der Waals surface area contributed by atoms with Crippen molar-refractivity contribution in [1.29, 1.82) is 0 Å². The SMILES string of the molecule is COc1cccc(Br)c1NN.Cl. The Morgan fingerprint density at radius 3 is 2.58 bits per heavy atom. The van der Waals surface area contributed by atoms with Crippen molar-refractivity contribution in [3.63, 3.8) is 0 Å². The molecule has 0 radical (unpaired) electrons. The maximum Gasteiger partial charge on any atom is 0.144 e. The molecule has 5 heteroatoms. The Labute approximate surface area is 85.8 Å². The highest BCUT2D eigenvalue weighted by Crippen LogP contribution is 2.30. The van der Waals surface area contributed by atoms with Gasteiger partial charge in [-0.25, -0.2) is 0 Å². The van der Waals surface area contributed by atoms with Crippen molar-refractivity contribution in [2.75, 3.05) is 12.5 Å². The molecule has 0 spiro atoms. The number of halogens is 2. The summed E-state index contributed by atoms with van der Waals surface area (Å²) in [5.41, 5.74) is 3.30. The molecule has 0 fully saturated rings. The number of rotatable bonds is 2. The van der Waals surface area contributed by atoms with Gasteiger partial charge in [-0.2, -0.15) is 0 Å². The van der Waals surface area contributed by atoms with Gasteiger partial charge in [-0.15, -0.1) is 12.4 Å². The third-order valence-electron chi connectivity index (χ3n) is 1.34. The quantitative estimate of drug-likeness (QED) is 0.627. The summed E-state index contributed by atoms with van der Waals surface area (Å²) in [6.45, 7) is 0. The minimum absolute atomic E-state index is 0. The van der Waals surface area contributed by atoms with Crippen LogP contribution in [0, 0.1) is 0 Å². The molecule has 0 unspecified atom stereocenters. The number of para-hydroxylation sites is 1.